The van der Waals surface area contributed by atoms with Gasteiger partial charge in [0.15, 0.2) is 0 Å². The average Bonchev–Trinajstić information content (AvgIpc) is 2.60. The molecule has 1 aromatic heterocycles. The van der Waals surface area contributed by atoms with Gasteiger partial charge >= 0.3 is 12.1 Å². The number of halogens is 3. The highest BCUT2D eigenvalue weighted by molar-refractivity contribution is 6.05. The molecule has 0 aliphatic heterocycles. The zero-order chi connectivity index (χ0) is 19.5. The normalized spacial score (nSPS) is 11.0. The van der Waals surface area contributed by atoms with Crippen LogP contribution in [0.4, 0.5) is 24.5 Å². The topological polar surface area (TPSA) is 71.5 Å². The Morgan fingerprint density at radius 1 is 1.12 bits per heavy atom. The van der Waals surface area contributed by atoms with Gasteiger partial charge in [-0.15, -0.1) is 0 Å². The molecular formula is C17H16F3N3O3. The molecule has 0 atom stereocenters. The Bertz CT molecular complexity index is 835. The van der Waals surface area contributed by atoms with E-state index < -0.39 is 23.6 Å². The van der Waals surface area contributed by atoms with Crippen molar-refractivity contribution in [3.63, 3.8) is 0 Å². The monoisotopic (exact) mass is 367 g/mol. The molecule has 0 saturated heterocycles. The number of carbonyl (C=O) groups excluding carboxylic acids is 2. The minimum atomic E-state index is -4.55. The fourth-order valence-electron chi connectivity index (χ4n) is 2.17. The maximum atomic E-state index is 13.0. The van der Waals surface area contributed by atoms with E-state index in [-0.39, 0.29) is 17.1 Å². The number of anilines is 2. The van der Waals surface area contributed by atoms with Gasteiger partial charge < -0.3 is 15.0 Å². The van der Waals surface area contributed by atoms with Crippen LogP contribution in [0.2, 0.25) is 0 Å². The molecule has 1 heterocycles. The molecule has 6 nitrogen and oxygen atoms in total. The highest BCUT2D eigenvalue weighted by Crippen LogP contribution is 2.35. The van der Waals surface area contributed by atoms with Crippen LogP contribution in [0.1, 0.15) is 26.5 Å². The van der Waals surface area contributed by atoms with E-state index in [1.165, 1.54) is 31.4 Å². The lowest BCUT2D eigenvalue weighted by molar-refractivity contribution is -0.137. The van der Waals surface area contributed by atoms with Gasteiger partial charge in [-0.3, -0.25) is 4.79 Å². The fraction of sp³-hybridized carbons (Fsp3) is 0.235. The lowest BCUT2D eigenvalue weighted by Crippen LogP contribution is -2.19. The van der Waals surface area contributed by atoms with Crippen molar-refractivity contribution in [3.8, 4) is 0 Å². The number of amides is 1. The Balaban J connectivity index is 2.37. The van der Waals surface area contributed by atoms with Gasteiger partial charge in [-0.25, -0.2) is 9.78 Å². The number of nitrogens with one attached hydrogen (secondary N) is 1. The molecule has 1 aromatic carbocycles. The molecule has 2 aromatic rings. The molecule has 0 unspecified atom stereocenters. The summed E-state index contributed by atoms with van der Waals surface area (Å²) in [5.41, 5.74) is -0.753. The quantitative estimate of drug-likeness (QED) is 0.841. The van der Waals surface area contributed by atoms with Crippen molar-refractivity contribution in [2.75, 3.05) is 31.4 Å². The predicted molar refractivity (Wildman–Crippen MR) is 89.3 cm³/mol. The van der Waals surface area contributed by atoms with Crippen molar-refractivity contribution in [3.05, 3.63) is 53.3 Å². The van der Waals surface area contributed by atoms with E-state index in [1.54, 1.807) is 19.0 Å². The molecule has 0 saturated carbocycles. The molecule has 1 amide bonds. The van der Waals surface area contributed by atoms with Crippen LogP contribution in [-0.2, 0) is 10.9 Å². The second kappa shape index (κ2) is 7.42. The van der Waals surface area contributed by atoms with Crippen LogP contribution < -0.4 is 10.2 Å². The molecule has 0 radical (unpaired) electrons. The van der Waals surface area contributed by atoms with E-state index in [4.69, 9.17) is 0 Å². The van der Waals surface area contributed by atoms with Crippen LogP contribution in [0, 0.1) is 0 Å². The van der Waals surface area contributed by atoms with Crippen molar-refractivity contribution in [2.24, 2.45) is 0 Å². The number of hydrogen-bond acceptors (Lipinski definition) is 5. The van der Waals surface area contributed by atoms with E-state index in [1.807, 2.05) is 0 Å². The molecule has 1 N–H and O–H groups in total. The van der Waals surface area contributed by atoms with Gasteiger partial charge in [0.1, 0.15) is 11.4 Å². The molecule has 0 aliphatic carbocycles. The lowest BCUT2D eigenvalue weighted by atomic mass is 10.1. The molecule has 9 heteroatoms. The van der Waals surface area contributed by atoms with Gasteiger partial charge in [-0.2, -0.15) is 13.2 Å². The highest BCUT2D eigenvalue weighted by Gasteiger charge is 2.31. The number of ether oxygens (including phenoxy) is 1. The summed E-state index contributed by atoms with van der Waals surface area (Å²) in [7, 11) is 4.44. The third-order valence-corrected chi connectivity index (χ3v) is 3.43. The zero-order valence-electron chi connectivity index (χ0n) is 14.2. The average molecular weight is 367 g/mol. The van der Waals surface area contributed by atoms with E-state index in [2.05, 4.69) is 15.0 Å². The number of aromatic nitrogens is 1. The van der Waals surface area contributed by atoms with Gasteiger partial charge in [0, 0.05) is 14.1 Å². The van der Waals surface area contributed by atoms with Crippen LogP contribution in [0.25, 0.3) is 0 Å². The van der Waals surface area contributed by atoms with E-state index >= 15 is 0 Å². The summed E-state index contributed by atoms with van der Waals surface area (Å²) in [4.78, 5) is 29.3. The summed E-state index contributed by atoms with van der Waals surface area (Å²) in [6.45, 7) is 0. The number of pyridine rings is 1. The van der Waals surface area contributed by atoms with Crippen molar-refractivity contribution < 1.29 is 27.5 Å². The van der Waals surface area contributed by atoms with E-state index in [0.29, 0.717) is 5.69 Å². The first-order valence-corrected chi connectivity index (χ1v) is 7.38. The predicted octanol–water partition coefficient (Wildman–Crippen LogP) is 3.21. The highest BCUT2D eigenvalue weighted by atomic mass is 19.4. The van der Waals surface area contributed by atoms with Crippen molar-refractivity contribution >= 4 is 23.3 Å². The molecule has 138 valence electrons. The summed E-state index contributed by atoms with van der Waals surface area (Å²) < 4.78 is 43.4. The lowest BCUT2D eigenvalue weighted by Gasteiger charge is -2.19. The second-order valence-electron chi connectivity index (χ2n) is 5.48. The molecule has 0 spiro atoms. The summed E-state index contributed by atoms with van der Waals surface area (Å²) in [6, 6.07) is 7.16. The smallest absolute Gasteiger partial charge is 0.416 e. The summed E-state index contributed by atoms with van der Waals surface area (Å²) >= 11 is 0. The van der Waals surface area contributed by atoms with Gasteiger partial charge in [-0.1, -0.05) is 6.07 Å². The number of alkyl halides is 3. The van der Waals surface area contributed by atoms with Crippen molar-refractivity contribution in [2.45, 2.75) is 6.18 Å². The number of carbonyl (C=O) groups is 2. The summed E-state index contributed by atoms with van der Waals surface area (Å²) in [5, 5.41) is 2.41. The fourth-order valence-corrected chi connectivity index (χ4v) is 2.17. The maximum absolute atomic E-state index is 13.0. The molecule has 0 bridgehead atoms. The number of rotatable bonds is 4. The molecule has 2 rings (SSSR count). The van der Waals surface area contributed by atoms with Crippen LogP contribution in [0.3, 0.4) is 0 Å². The number of benzene rings is 1. The standard InChI is InChI=1S/C17H16F3N3O3/c1-23(2)14-8-7-10(17(18,19)20)9-13(14)22-15(24)11-5-4-6-12(21-11)16(25)26-3/h4-9H,1-3H3,(H,22,24). The van der Waals surface area contributed by atoms with Crippen LogP contribution >= 0.6 is 0 Å². The Morgan fingerprint density at radius 2 is 1.77 bits per heavy atom. The largest absolute Gasteiger partial charge is 0.464 e. The van der Waals surface area contributed by atoms with Crippen LogP contribution in [0.5, 0.6) is 0 Å². The first kappa shape index (κ1) is 19.2. The van der Waals surface area contributed by atoms with Gasteiger partial charge in [0.25, 0.3) is 5.91 Å². The van der Waals surface area contributed by atoms with E-state index in [0.717, 1.165) is 12.1 Å². The van der Waals surface area contributed by atoms with E-state index in [9.17, 15) is 22.8 Å². The van der Waals surface area contributed by atoms with Crippen molar-refractivity contribution in [1.82, 2.24) is 4.98 Å². The third-order valence-electron chi connectivity index (χ3n) is 3.43. The number of nitrogens with zero attached hydrogens (tertiary/aromatic N) is 2. The van der Waals surface area contributed by atoms with Crippen LogP contribution in [-0.4, -0.2) is 38.1 Å². The Kier molecular flexibility index (Phi) is 5.49. The molecule has 0 fully saturated rings. The first-order valence-electron chi connectivity index (χ1n) is 7.38. The summed E-state index contributed by atoms with van der Waals surface area (Å²) in [5.74, 6) is -1.48. The Labute approximate surface area is 147 Å². The zero-order valence-corrected chi connectivity index (χ0v) is 14.2. The third kappa shape index (κ3) is 4.29. The number of esters is 1. The van der Waals surface area contributed by atoms with Gasteiger partial charge in [0.2, 0.25) is 0 Å². The van der Waals surface area contributed by atoms with Crippen LogP contribution in [0.15, 0.2) is 36.4 Å². The summed E-state index contributed by atoms with van der Waals surface area (Å²) in [6.07, 6.45) is -4.55. The first-order chi connectivity index (χ1) is 12.1. The maximum Gasteiger partial charge on any atom is 0.416 e. The Morgan fingerprint density at radius 3 is 2.35 bits per heavy atom. The van der Waals surface area contributed by atoms with Gasteiger partial charge in [-0.05, 0) is 30.3 Å². The van der Waals surface area contributed by atoms with Crippen molar-refractivity contribution in [1.29, 1.82) is 0 Å². The van der Waals surface area contributed by atoms with Gasteiger partial charge in [0.05, 0.1) is 24.0 Å². The number of hydrogen-bond donors (Lipinski definition) is 1. The molecule has 26 heavy (non-hydrogen) atoms. The SMILES string of the molecule is COC(=O)c1cccc(C(=O)Nc2cc(C(F)(F)F)ccc2N(C)C)n1. The Hall–Kier alpha value is -3.10. The minimum absolute atomic E-state index is 0.0277. The number of methoxy groups -OCH3 is 1. The molecule has 0 aliphatic rings. The minimum Gasteiger partial charge on any atom is -0.464 e. The second-order valence-corrected chi connectivity index (χ2v) is 5.48. The molecular weight excluding hydrogens is 351 g/mol.